The number of carbonyl (C=O) groups is 1. The van der Waals surface area contributed by atoms with Crippen LogP contribution >= 0.6 is 12.4 Å². The zero-order valence-corrected chi connectivity index (χ0v) is 10.1. The quantitative estimate of drug-likeness (QED) is 0.608. The molecule has 0 radical (unpaired) electrons. The number of nitrogens with two attached hydrogens (primary N) is 1. The summed E-state index contributed by atoms with van der Waals surface area (Å²) in [7, 11) is 0. The van der Waals surface area contributed by atoms with Gasteiger partial charge in [0.15, 0.2) is 0 Å². The number of non-ortho nitro benzene ring substituents is 1. The molecule has 3 N–H and O–H groups in total. The van der Waals surface area contributed by atoms with E-state index < -0.39 is 16.9 Å². The van der Waals surface area contributed by atoms with Crippen molar-refractivity contribution in [2.24, 2.45) is 5.73 Å². The Kier molecular flexibility index (Phi) is 6.16. The summed E-state index contributed by atoms with van der Waals surface area (Å²) in [6, 6.07) is 5.76. The highest BCUT2D eigenvalue weighted by Gasteiger charge is 2.09. The third kappa shape index (κ3) is 4.80. The summed E-state index contributed by atoms with van der Waals surface area (Å²) in [4.78, 5) is 20.8. The lowest BCUT2D eigenvalue weighted by atomic mass is 10.2. The summed E-state index contributed by atoms with van der Waals surface area (Å²) in [6.07, 6.45) is 0. The molecule has 0 aromatic heterocycles. The van der Waals surface area contributed by atoms with Gasteiger partial charge in [0.25, 0.3) is 5.69 Å². The summed E-state index contributed by atoms with van der Waals surface area (Å²) < 4.78 is 0. The third-order valence-corrected chi connectivity index (χ3v) is 2.16. The Balaban J connectivity index is 0.00000256. The maximum atomic E-state index is 10.7. The number of benzene rings is 1. The van der Waals surface area contributed by atoms with E-state index in [0.29, 0.717) is 6.54 Å². The molecule has 0 heterocycles. The minimum Gasteiger partial charge on any atom is -0.368 e. The molecule has 7 heteroatoms. The Hall–Kier alpha value is -1.66. The van der Waals surface area contributed by atoms with Crippen molar-refractivity contribution in [2.75, 3.05) is 0 Å². The largest absolute Gasteiger partial charge is 0.368 e. The smallest absolute Gasteiger partial charge is 0.269 e. The fourth-order valence-electron chi connectivity index (χ4n) is 1.15. The van der Waals surface area contributed by atoms with Crippen molar-refractivity contribution in [1.29, 1.82) is 0 Å². The van der Waals surface area contributed by atoms with Crippen LogP contribution in [0.4, 0.5) is 5.69 Å². The maximum Gasteiger partial charge on any atom is 0.269 e. The Bertz CT molecular complexity index is 412. The number of halogens is 1. The average Bonchev–Trinajstić information content (AvgIpc) is 2.26. The molecule has 0 unspecified atom stereocenters. The maximum absolute atomic E-state index is 10.7. The summed E-state index contributed by atoms with van der Waals surface area (Å²) in [5.74, 6) is -0.453. The molecule has 94 valence electrons. The molecule has 1 aromatic carbocycles. The highest BCUT2D eigenvalue weighted by molar-refractivity contribution is 5.85. The first-order chi connectivity index (χ1) is 7.50. The van der Waals surface area contributed by atoms with Crippen molar-refractivity contribution in [3.8, 4) is 0 Å². The van der Waals surface area contributed by atoms with Crippen LogP contribution in [-0.4, -0.2) is 16.9 Å². The number of rotatable bonds is 5. The highest BCUT2D eigenvalue weighted by Crippen LogP contribution is 2.12. The summed E-state index contributed by atoms with van der Waals surface area (Å²) in [5, 5.41) is 13.4. The van der Waals surface area contributed by atoms with Crippen LogP contribution < -0.4 is 11.1 Å². The van der Waals surface area contributed by atoms with Crippen molar-refractivity contribution >= 4 is 24.0 Å². The zero-order valence-electron chi connectivity index (χ0n) is 9.25. The Morgan fingerprint density at radius 3 is 2.76 bits per heavy atom. The van der Waals surface area contributed by atoms with E-state index in [9.17, 15) is 14.9 Å². The minimum atomic E-state index is -0.459. The second-order valence-electron chi connectivity index (χ2n) is 3.43. The number of carbonyl (C=O) groups excluding carboxylic acids is 1. The van der Waals surface area contributed by atoms with Crippen molar-refractivity contribution in [3.63, 3.8) is 0 Å². The molecule has 0 spiro atoms. The van der Waals surface area contributed by atoms with Crippen LogP contribution in [0.1, 0.15) is 12.5 Å². The van der Waals surface area contributed by atoms with Gasteiger partial charge < -0.3 is 11.1 Å². The van der Waals surface area contributed by atoms with Crippen LogP contribution in [0.5, 0.6) is 0 Å². The van der Waals surface area contributed by atoms with E-state index in [0.717, 1.165) is 5.56 Å². The van der Waals surface area contributed by atoms with Gasteiger partial charge in [-0.1, -0.05) is 12.1 Å². The normalized spacial score (nSPS) is 11.4. The number of hydrogen-bond donors (Lipinski definition) is 2. The fourth-order valence-corrected chi connectivity index (χ4v) is 1.15. The summed E-state index contributed by atoms with van der Waals surface area (Å²) >= 11 is 0. The molecule has 6 nitrogen and oxygen atoms in total. The van der Waals surface area contributed by atoms with Crippen LogP contribution in [0.15, 0.2) is 24.3 Å². The van der Waals surface area contributed by atoms with Crippen LogP contribution in [0.25, 0.3) is 0 Å². The molecule has 0 saturated carbocycles. The van der Waals surface area contributed by atoms with Crippen molar-refractivity contribution in [1.82, 2.24) is 5.32 Å². The van der Waals surface area contributed by atoms with Gasteiger partial charge in [-0.3, -0.25) is 14.9 Å². The van der Waals surface area contributed by atoms with Crippen LogP contribution in [0, 0.1) is 10.1 Å². The topological polar surface area (TPSA) is 98.3 Å². The van der Waals surface area contributed by atoms with Crippen LogP contribution in [0.3, 0.4) is 0 Å². The predicted octanol–water partition coefficient (Wildman–Crippen LogP) is 0.980. The number of nitro groups is 1. The van der Waals surface area contributed by atoms with E-state index in [-0.39, 0.29) is 18.1 Å². The van der Waals surface area contributed by atoms with E-state index >= 15 is 0 Å². The van der Waals surface area contributed by atoms with Gasteiger partial charge in [-0.2, -0.15) is 0 Å². The van der Waals surface area contributed by atoms with E-state index in [4.69, 9.17) is 5.73 Å². The van der Waals surface area contributed by atoms with Gasteiger partial charge in [-0.05, 0) is 12.5 Å². The van der Waals surface area contributed by atoms with Gasteiger partial charge in [0.05, 0.1) is 11.0 Å². The molecular weight excluding hydrogens is 246 g/mol. The number of amides is 1. The molecule has 0 saturated heterocycles. The average molecular weight is 260 g/mol. The minimum absolute atomic E-state index is 0. The second-order valence-corrected chi connectivity index (χ2v) is 3.43. The highest BCUT2D eigenvalue weighted by atomic mass is 35.5. The molecule has 0 aliphatic rings. The van der Waals surface area contributed by atoms with E-state index in [2.05, 4.69) is 5.32 Å². The first-order valence-corrected chi connectivity index (χ1v) is 4.76. The van der Waals surface area contributed by atoms with Gasteiger partial charge in [-0.15, -0.1) is 12.4 Å². The number of primary amides is 1. The van der Waals surface area contributed by atoms with Crippen molar-refractivity contribution in [2.45, 2.75) is 19.5 Å². The van der Waals surface area contributed by atoms with E-state index in [1.165, 1.54) is 12.1 Å². The molecule has 1 amide bonds. The van der Waals surface area contributed by atoms with Crippen LogP contribution in [-0.2, 0) is 11.3 Å². The first-order valence-electron chi connectivity index (χ1n) is 4.76. The van der Waals surface area contributed by atoms with Gasteiger partial charge in [0, 0.05) is 18.7 Å². The lowest BCUT2D eigenvalue weighted by molar-refractivity contribution is -0.384. The number of nitro benzene ring substituents is 1. The Morgan fingerprint density at radius 1 is 1.59 bits per heavy atom. The molecule has 1 rings (SSSR count). The number of nitrogens with zero attached hydrogens (tertiary/aromatic N) is 1. The molecular formula is C10H14ClN3O3. The lowest BCUT2D eigenvalue weighted by Gasteiger charge is -2.09. The standard InChI is InChI=1S/C10H13N3O3.ClH/c1-7(10(11)14)12-6-8-3-2-4-9(5-8)13(15)16;/h2-5,7,12H,6H2,1H3,(H2,11,14);1H/t7-;/m0./s1. The summed E-state index contributed by atoms with van der Waals surface area (Å²) in [6.45, 7) is 2.01. The van der Waals surface area contributed by atoms with Gasteiger partial charge in [0.1, 0.15) is 0 Å². The van der Waals surface area contributed by atoms with Crippen molar-refractivity contribution in [3.05, 3.63) is 39.9 Å². The Labute approximate surface area is 105 Å². The molecule has 0 bridgehead atoms. The zero-order chi connectivity index (χ0) is 12.1. The van der Waals surface area contributed by atoms with Gasteiger partial charge >= 0.3 is 0 Å². The van der Waals surface area contributed by atoms with Gasteiger partial charge in [-0.25, -0.2) is 0 Å². The van der Waals surface area contributed by atoms with Crippen molar-refractivity contribution < 1.29 is 9.72 Å². The lowest BCUT2D eigenvalue weighted by Crippen LogP contribution is -2.38. The molecule has 0 fully saturated rings. The predicted molar refractivity (Wildman–Crippen MR) is 65.8 cm³/mol. The Morgan fingerprint density at radius 2 is 2.24 bits per heavy atom. The molecule has 17 heavy (non-hydrogen) atoms. The molecule has 1 atom stereocenters. The molecule has 0 aliphatic carbocycles. The summed E-state index contributed by atoms with van der Waals surface area (Å²) in [5.41, 5.74) is 5.84. The second kappa shape index (κ2) is 6.82. The fraction of sp³-hybridized carbons (Fsp3) is 0.300. The first kappa shape index (κ1) is 15.3. The number of nitrogens with one attached hydrogen (secondary N) is 1. The van der Waals surface area contributed by atoms with Gasteiger partial charge in [0.2, 0.25) is 5.91 Å². The molecule has 0 aliphatic heterocycles. The monoisotopic (exact) mass is 259 g/mol. The third-order valence-electron chi connectivity index (χ3n) is 2.16. The van der Waals surface area contributed by atoms with Crippen LogP contribution in [0.2, 0.25) is 0 Å². The van der Waals surface area contributed by atoms with E-state index in [1.54, 1.807) is 19.1 Å². The van der Waals surface area contributed by atoms with E-state index in [1.807, 2.05) is 0 Å². The number of hydrogen-bond acceptors (Lipinski definition) is 4. The molecule has 1 aromatic rings. The SMILES string of the molecule is C[C@H](NCc1cccc([N+](=O)[O-])c1)C(N)=O.Cl.